The zero-order valence-electron chi connectivity index (χ0n) is 9.20. The summed E-state index contributed by atoms with van der Waals surface area (Å²) < 4.78 is 5.17. The number of benzene rings is 1. The highest BCUT2D eigenvalue weighted by Gasteiger charge is 2.10. The Morgan fingerprint density at radius 2 is 2.20 bits per heavy atom. The van der Waals surface area contributed by atoms with E-state index >= 15 is 0 Å². The van der Waals surface area contributed by atoms with Gasteiger partial charge in [0.15, 0.2) is 0 Å². The minimum absolute atomic E-state index is 0.378. The zero-order valence-corrected chi connectivity index (χ0v) is 9.20. The molecule has 0 aliphatic carbocycles. The van der Waals surface area contributed by atoms with Gasteiger partial charge in [0.25, 0.3) is 0 Å². The standard InChI is InChI=1S/C11H16N2O2/c1-7-9(13-8(2)11(12)14)5-4-6-10(7)15-3/h4-6,8,13H,1-3H3,(H2,12,14). The van der Waals surface area contributed by atoms with Crippen molar-refractivity contribution in [2.45, 2.75) is 19.9 Å². The Kier molecular flexibility index (Phi) is 3.55. The smallest absolute Gasteiger partial charge is 0.239 e. The number of nitrogens with one attached hydrogen (secondary N) is 1. The van der Waals surface area contributed by atoms with Crippen LogP contribution in [0.2, 0.25) is 0 Å². The number of methoxy groups -OCH3 is 1. The largest absolute Gasteiger partial charge is 0.496 e. The summed E-state index contributed by atoms with van der Waals surface area (Å²) in [5.74, 6) is 0.411. The van der Waals surface area contributed by atoms with Crippen LogP contribution in [0.4, 0.5) is 5.69 Å². The van der Waals surface area contributed by atoms with E-state index in [0.29, 0.717) is 0 Å². The van der Waals surface area contributed by atoms with E-state index in [4.69, 9.17) is 10.5 Å². The molecule has 0 saturated heterocycles. The predicted octanol–water partition coefficient (Wildman–Crippen LogP) is 1.29. The van der Waals surface area contributed by atoms with Gasteiger partial charge in [0.1, 0.15) is 11.8 Å². The van der Waals surface area contributed by atoms with Crippen molar-refractivity contribution in [3.05, 3.63) is 23.8 Å². The highest BCUT2D eigenvalue weighted by atomic mass is 16.5. The van der Waals surface area contributed by atoms with Crippen molar-refractivity contribution in [2.24, 2.45) is 5.73 Å². The topological polar surface area (TPSA) is 64.3 Å². The zero-order chi connectivity index (χ0) is 11.4. The molecule has 0 fully saturated rings. The van der Waals surface area contributed by atoms with E-state index in [9.17, 15) is 4.79 Å². The summed E-state index contributed by atoms with van der Waals surface area (Å²) in [5, 5.41) is 3.03. The van der Waals surface area contributed by atoms with E-state index in [-0.39, 0.29) is 5.91 Å². The Morgan fingerprint density at radius 3 is 2.73 bits per heavy atom. The quantitative estimate of drug-likeness (QED) is 0.783. The molecule has 3 N–H and O–H groups in total. The van der Waals surface area contributed by atoms with Crippen LogP contribution in [0.1, 0.15) is 12.5 Å². The maximum atomic E-state index is 10.9. The molecule has 0 bridgehead atoms. The Morgan fingerprint density at radius 1 is 1.53 bits per heavy atom. The maximum absolute atomic E-state index is 10.9. The Balaban J connectivity index is 2.90. The number of hydrogen-bond donors (Lipinski definition) is 2. The van der Waals surface area contributed by atoms with Crippen molar-refractivity contribution in [2.75, 3.05) is 12.4 Å². The summed E-state index contributed by atoms with van der Waals surface area (Å²) in [6.45, 7) is 3.65. The van der Waals surface area contributed by atoms with Crippen molar-refractivity contribution < 1.29 is 9.53 Å². The van der Waals surface area contributed by atoms with Crippen LogP contribution >= 0.6 is 0 Å². The molecule has 0 heterocycles. The number of carbonyl (C=O) groups is 1. The molecular weight excluding hydrogens is 192 g/mol. The van der Waals surface area contributed by atoms with Crippen molar-refractivity contribution in [1.29, 1.82) is 0 Å². The number of anilines is 1. The third-order valence-corrected chi connectivity index (χ3v) is 2.30. The van der Waals surface area contributed by atoms with Crippen LogP contribution < -0.4 is 15.8 Å². The molecule has 1 unspecified atom stereocenters. The normalized spacial score (nSPS) is 11.9. The second kappa shape index (κ2) is 4.68. The number of rotatable bonds is 4. The molecule has 15 heavy (non-hydrogen) atoms. The summed E-state index contributed by atoms with van der Waals surface area (Å²) in [7, 11) is 1.61. The number of primary amides is 1. The summed E-state index contributed by atoms with van der Waals surface area (Å²) >= 11 is 0. The lowest BCUT2D eigenvalue weighted by Gasteiger charge is -2.15. The van der Waals surface area contributed by atoms with Crippen LogP contribution in [-0.2, 0) is 4.79 Å². The van der Waals surface area contributed by atoms with Gasteiger partial charge in [-0.05, 0) is 26.0 Å². The second-order valence-electron chi connectivity index (χ2n) is 3.40. The predicted molar refractivity (Wildman–Crippen MR) is 60.0 cm³/mol. The summed E-state index contributed by atoms with van der Waals surface area (Å²) in [4.78, 5) is 10.9. The Hall–Kier alpha value is -1.71. The lowest BCUT2D eigenvalue weighted by molar-refractivity contribution is -0.118. The van der Waals surface area contributed by atoms with Gasteiger partial charge in [-0.25, -0.2) is 0 Å². The highest BCUT2D eigenvalue weighted by molar-refractivity contribution is 5.82. The van der Waals surface area contributed by atoms with E-state index in [1.54, 1.807) is 14.0 Å². The van der Waals surface area contributed by atoms with Crippen LogP contribution in [0.25, 0.3) is 0 Å². The van der Waals surface area contributed by atoms with E-state index in [1.807, 2.05) is 25.1 Å². The average molecular weight is 208 g/mol. The Labute approximate surface area is 89.4 Å². The summed E-state index contributed by atoms with van der Waals surface area (Å²) in [6.07, 6.45) is 0. The van der Waals surface area contributed by atoms with Crippen LogP contribution in [0.3, 0.4) is 0 Å². The number of nitrogens with two attached hydrogens (primary N) is 1. The number of amides is 1. The molecule has 0 aliphatic rings. The van der Waals surface area contributed by atoms with Gasteiger partial charge in [0.05, 0.1) is 7.11 Å². The first kappa shape index (κ1) is 11.4. The molecule has 0 aromatic heterocycles. The molecule has 1 amide bonds. The van der Waals surface area contributed by atoms with Crippen LogP contribution in [-0.4, -0.2) is 19.1 Å². The molecule has 82 valence electrons. The van der Waals surface area contributed by atoms with Gasteiger partial charge < -0.3 is 15.8 Å². The highest BCUT2D eigenvalue weighted by Crippen LogP contribution is 2.25. The van der Waals surface area contributed by atoms with Gasteiger partial charge in [-0.2, -0.15) is 0 Å². The summed E-state index contributed by atoms with van der Waals surface area (Å²) in [6, 6.07) is 5.23. The lowest BCUT2D eigenvalue weighted by Crippen LogP contribution is -2.32. The minimum Gasteiger partial charge on any atom is -0.496 e. The first-order valence-electron chi connectivity index (χ1n) is 4.75. The van der Waals surface area contributed by atoms with Crippen molar-refractivity contribution in [3.63, 3.8) is 0 Å². The monoisotopic (exact) mass is 208 g/mol. The molecule has 0 saturated carbocycles. The van der Waals surface area contributed by atoms with Gasteiger partial charge in [-0.1, -0.05) is 6.07 Å². The van der Waals surface area contributed by atoms with Gasteiger partial charge in [-0.15, -0.1) is 0 Å². The fourth-order valence-electron chi connectivity index (χ4n) is 1.30. The first-order chi connectivity index (χ1) is 7.06. The fraction of sp³-hybridized carbons (Fsp3) is 0.364. The lowest BCUT2D eigenvalue weighted by atomic mass is 10.1. The van der Waals surface area contributed by atoms with Gasteiger partial charge in [-0.3, -0.25) is 4.79 Å². The molecule has 1 aromatic carbocycles. The van der Waals surface area contributed by atoms with E-state index < -0.39 is 6.04 Å². The van der Waals surface area contributed by atoms with Crippen molar-refractivity contribution in [1.82, 2.24) is 0 Å². The van der Waals surface area contributed by atoms with Gasteiger partial charge in [0, 0.05) is 11.3 Å². The number of ether oxygens (including phenoxy) is 1. The van der Waals surface area contributed by atoms with E-state index in [0.717, 1.165) is 17.0 Å². The fourth-order valence-corrected chi connectivity index (χ4v) is 1.30. The molecule has 0 aliphatic heterocycles. The SMILES string of the molecule is COc1cccc(NC(C)C(N)=O)c1C. The molecule has 1 rings (SSSR count). The van der Waals surface area contributed by atoms with Crippen LogP contribution in [0, 0.1) is 6.92 Å². The Bertz CT molecular complexity index is 364. The third-order valence-electron chi connectivity index (χ3n) is 2.30. The van der Waals surface area contributed by atoms with Gasteiger partial charge in [0.2, 0.25) is 5.91 Å². The van der Waals surface area contributed by atoms with Gasteiger partial charge >= 0.3 is 0 Å². The first-order valence-corrected chi connectivity index (χ1v) is 4.75. The van der Waals surface area contributed by atoms with Crippen molar-refractivity contribution in [3.8, 4) is 5.75 Å². The molecule has 0 spiro atoms. The molecule has 4 nitrogen and oxygen atoms in total. The molecule has 4 heteroatoms. The summed E-state index contributed by atoms with van der Waals surface area (Å²) in [5.41, 5.74) is 7.00. The molecule has 1 atom stereocenters. The average Bonchev–Trinajstić information content (AvgIpc) is 2.21. The number of hydrogen-bond acceptors (Lipinski definition) is 3. The number of carbonyl (C=O) groups excluding carboxylic acids is 1. The second-order valence-corrected chi connectivity index (χ2v) is 3.40. The molecule has 0 radical (unpaired) electrons. The van der Waals surface area contributed by atoms with Crippen LogP contribution in [0.15, 0.2) is 18.2 Å². The van der Waals surface area contributed by atoms with Crippen LogP contribution in [0.5, 0.6) is 5.75 Å². The van der Waals surface area contributed by atoms with E-state index in [1.165, 1.54) is 0 Å². The minimum atomic E-state index is -0.393. The maximum Gasteiger partial charge on any atom is 0.239 e. The molecular formula is C11H16N2O2. The van der Waals surface area contributed by atoms with E-state index in [2.05, 4.69) is 5.32 Å². The third kappa shape index (κ3) is 2.62. The molecule has 1 aromatic rings. The van der Waals surface area contributed by atoms with Crippen molar-refractivity contribution >= 4 is 11.6 Å².